The van der Waals surface area contributed by atoms with Crippen LogP contribution in [0.15, 0.2) is 18.2 Å². The van der Waals surface area contributed by atoms with Crippen LogP contribution in [0.5, 0.6) is 0 Å². The Bertz CT molecular complexity index is 546. The number of amides is 2. The molecule has 1 aliphatic carbocycles. The third kappa shape index (κ3) is 5.20. The fourth-order valence-corrected chi connectivity index (χ4v) is 2.99. The number of carbonyl (C=O) groups is 1. The van der Waals surface area contributed by atoms with Crippen LogP contribution < -0.4 is 10.6 Å². The molecule has 1 aromatic carbocycles. The average Bonchev–Trinajstić information content (AvgIpc) is 2.51. The monoisotopic (exact) mass is 322 g/mol. The summed E-state index contributed by atoms with van der Waals surface area (Å²) in [5.74, 6) is -0.222. The number of benzene rings is 1. The Morgan fingerprint density at radius 3 is 2.96 bits per heavy atom. The van der Waals surface area contributed by atoms with Crippen LogP contribution in [0.2, 0.25) is 0 Å². The van der Waals surface area contributed by atoms with E-state index in [9.17, 15) is 14.3 Å². The van der Waals surface area contributed by atoms with Crippen LogP contribution in [0.1, 0.15) is 56.7 Å². The van der Waals surface area contributed by atoms with Crippen LogP contribution >= 0.6 is 0 Å². The molecule has 0 heterocycles. The van der Waals surface area contributed by atoms with Crippen molar-refractivity contribution in [2.45, 2.75) is 52.0 Å². The smallest absolute Gasteiger partial charge is 0.315 e. The first-order chi connectivity index (χ1) is 10.9. The van der Waals surface area contributed by atoms with Gasteiger partial charge in [0.1, 0.15) is 5.82 Å². The summed E-state index contributed by atoms with van der Waals surface area (Å²) in [5.41, 5.74) is 1.91. The van der Waals surface area contributed by atoms with Gasteiger partial charge in [0.25, 0.3) is 0 Å². The maximum Gasteiger partial charge on any atom is 0.315 e. The van der Waals surface area contributed by atoms with Gasteiger partial charge in [0.05, 0.1) is 6.04 Å². The molecule has 0 saturated heterocycles. The summed E-state index contributed by atoms with van der Waals surface area (Å²) >= 11 is 0. The van der Waals surface area contributed by atoms with Crippen LogP contribution in [-0.2, 0) is 6.42 Å². The molecule has 1 atom stereocenters. The van der Waals surface area contributed by atoms with Crippen molar-refractivity contribution < 1.29 is 14.3 Å². The highest BCUT2D eigenvalue weighted by Gasteiger charge is 2.22. The summed E-state index contributed by atoms with van der Waals surface area (Å²) in [6, 6.07) is 4.56. The minimum Gasteiger partial charge on any atom is -0.396 e. The van der Waals surface area contributed by atoms with Gasteiger partial charge in [-0.1, -0.05) is 19.9 Å². The largest absolute Gasteiger partial charge is 0.396 e. The van der Waals surface area contributed by atoms with E-state index < -0.39 is 0 Å². The van der Waals surface area contributed by atoms with E-state index >= 15 is 0 Å². The molecule has 0 aliphatic heterocycles. The molecule has 1 unspecified atom stereocenters. The summed E-state index contributed by atoms with van der Waals surface area (Å²) in [4.78, 5) is 12.0. The predicted molar refractivity (Wildman–Crippen MR) is 88.7 cm³/mol. The first-order valence-corrected chi connectivity index (χ1v) is 8.35. The number of halogens is 1. The molecule has 1 aromatic rings. The number of hydrogen-bond donors (Lipinski definition) is 3. The topological polar surface area (TPSA) is 61.4 Å². The molecule has 0 aromatic heterocycles. The molecule has 128 valence electrons. The zero-order chi connectivity index (χ0) is 16.9. The Morgan fingerprint density at radius 2 is 2.22 bits per heavy atom. The molecular formula is C18H27FN2O2. The molecule has 2 rings (SSSR count). The quantitative estimate of drug-likeness (QED) is 0.704. The molecule has 1 aliphatic rings. The van der Waals surface area contributed by atoms with Crippen molar-refractivity contribution in [1.82, 2.24) is 10.6 Å². The van der Waals surface area contributed by atoms with Gasteiger partial charge in [-0.3, -0.25) is 0 Å². The molecule has 0 spiro atoms. The second-order valence-corrected chi connectivity index (χ2v) is 7.11. The molecular weight excluding hydrogens is 295 g/mol. The first-order valence-electron chi connectivity index (χ1n) is 8.35. The molecule has 0 saturated carbocycles. The Labute approximate surface area is 137 Å². The van der Waals surface area contributed by atoms with Crippen molar-refractivity contribution in [1.29, 1.82) is 0 Å². The van der Waals surface area contributed by atoms with Crippen LogP contribution in [0.4, 0.5) is 9.18 Å². The third-order valence-corrected chi connectivity index (χ3v) is 4.47. The SMILES string of the molecule is CC(C)(CO)CCCNC(=O)NC1CCCc2cc(F)ccc21. The molecule has 0 fully saturated rings. The molecule has 0 radical (unpaired) electrons. The van der Waals surface area contributed by atoms with E-state index in [1.54, 1.807) is 12.1 Å². The van der Waals surface area contributed by atoms with E-state index in [0.717, 1.165) is 43.2 Å². The van der Waals surface area contributed by atoms with Gasteiger partial charge in [-0.25, -0.2) is 9.18 Å². The second kappa shape index (κ2) is 7.77. The van der Waals surface area contributed by atoms with Crippen LogP contribution in [-0.4, -0.2) is 24.3 Å². The van der Waals surface area contributed by atoms with Gasteiger partial charge in [-0.15, -0.1) is 0 Å². The number of aliphatic hydroxyl groups is 1. The van der Waals surface area contributed by atoms with E-state index in [-0.39, 0.29) is 29.9 Å². The number of carbonyl (C=O) groups excluding carboxylic acids is 1. The van der Waals surface area contributed by atoms with Gasteiger partial charge >= 0.3 is 6.03 Å². The summed E-state index contributed by atoms with van der Waals surface area (Å²) in [7, 11) is 0. The fraction of sp³-hybridized carbons (Fsp3) is 0.611. The average molecular weight is 322 g/mol. The number of urea groups is 1. The van der Waals surface area contributed by atoms with E-state index in [2.05, 4.69) is 10.6 Å². The van der Waals surface area contributed by atoms with Crippen molar-refractivity contribution in [3.63, 3.8) is 0 Å². The summed E-state index contributed by atoms with van der Waals surface area (Å²) in [5, 5.41) is 15.1. The lowest BCUT2D eigenvalue weighted by Gasteiger charge is -2.26. The van der Waals surface area contributed by atoms with E-state index in [1.165, 1.54) is 6.07 Å². The lowest BCUT2D eigenvalue weighted by atomic mass is 9.87. The lowest BCUT2D eigenvalue weighted by Crippen LogP contribution is -2.39. The Kier molecular flexibility index (Phi) is 5.99. The Balaban J connectivity index is 1.81. The second-order valence-electron chi connectivity index (χ2n) is 7.11. The van der Waals surface area contributed by atoms with Gasteiger partial charge in [0.2, 0.25) is 0 Å². The molecule has 0 bridgehead atoms. The van der Waals surface area contributed by atoms with Gasteiger partial charge in [-0.05, 0) is 60.8 Å². The Hall–Kier alpha value is -1.62. The van der Waals surface area contributed by atoms with Crippen LogP contribution in [0, 0.1) is 11.2 Å². The number of hydrogen-bond acceptors (Lipinski definition) is 2. The van der Waals surface area contributed by atoms with E-state index in [0.29, 0.717) is 6.54 Å². The van der Waals surface area contributed by atoms with Crippen molar-refractivity contribution in [2.75, 3.05) is 13.2 Å². The van der Waals surface area contributed by atoms with Gasteiger partial charge in [0.15, 0.2) is 0 Å². The first kappa shape index (κ1) is 17.7. The lowest BCUT2D eigenvalue weighted by molar-refractivity contribution is 0.148. The number of nitrogens with one attached hydrogen (secondary N) is 2. The van der Waals surface area contributed by atoms with Gasteiger partial charge < -0.3 is 15.7 Å². The van der Waals surface area contributed by atoms with Crippen molar-refractivity contribution in [3.05, 3.63) is 35.1 Å². The highest BCUT2D eigenvalue weighted by atomic mass is 19.1. The summed E-state index contributed by atoms with van der Waals surface area (Å²) in [6.45, 7) is 4.74. The zero-order valence-electron chi connectivity index (χ0n) is 14.0. The molecule has 4 nitrogen and oxygen atoms in total. The highest BCUT2D eigenvalue weighted by Crippen LogP contribution is 2.30. The standard InChI is InChI=1S/C18H27FN2O2/c1-18(2,12-22)9-4-10-20-17(23)21-16-6-3-5-13-11-14(19)7-8-15(13)16/h7-8,11,16,22H,3-6,9-10,12H2,1-2H3,(H2,20,21,23). The summed E-state index contributed by atoms with van der Waals surface area (Å²) < 4.78 is 13.3. The summed E-state index contributed by atoms with van der Waals surface area (Å²) in [6.07, 6.45) is 4.38. The van der Waals surface area contributed by atoms with Crippen LogP contribution in [0.3, 0.4) is 0 Å². The van der Waals surface area contributed by atoms with E-state index in [1.807, 2.05) is 13.8 Å². The van der Waals surface area contributed by atoms with Crippen LogP contribution in [0.25, 0.3) is 0 Å². The normalized spacial score (nSPS) is 17.5. The van der Waals surface area contributed by atoms with E-state index in [4.69, 9.17) is 0 Å². The maximum atomic E-state index is 13.3. The molecule has 5 heteroatoms. The van der Waals surface area contributed by atoms with Gasteiger partial charge in [-0.2, -0.15) is 0 Å². The fourth-order valence-electron chi connectivity index (χ4n) is 2.99. The minimum atomic E-state index is -0.222. The highest BCUT2D eigenvalue weighted by molar-refractivity contribution is 5.74. The molecule has 3 N–H and O–H groups in total. The molecule has 23 heavy (non-hydrogen) atoms. The number of fused-ring (bicyclic) bond motifs is 1. The molecule has 2 amide bonds. The number of rotatable bonds is 6. The minimum absolute atomic E-state index is 0.0479. The zero-order valence-corrected chi connectivity index (χ0v) is 14.0. The Morgan fingerprint density at radius 1 is 1.43 bits per heavy atom. The number of aryl methyl sites for hydroxylation is 1. The predicted octanol–water partition coefficient (Wildman–Crippen LogP) is 3.30. The van der Waals surface area contributed by atoms with Crippen molar-refractivity contribution >= 4 is 6.03 Å². The van der Waals surface area contributed by atoms with Crippen molar-refractivity contribution in [2.24, 2.45) is 5.41 Å². The number of aliphatic hydroxyl groups excluding tert-OH is 1. The maximum absolute atomic E-state index is 13.3. The van der Waals surface area contributed by atoms with Gasteiger partial charge in [0, 0.05) is 13.2 Å². The third-order valence-electron chi connectivity index (χ3n) is 4.47. The van der Waals surface area contributed by atoms with Crippen molar-refractivity contribution in [3.8, 4) is 0 Å².